The fourth-order valence-corrected chi connectivity index (χ4v) is 4.62. The number of oxime groups is 1. The lowest BCUT2D eigenvalue weighted by Gasteiger charge is -2.36. The van der Waals surface area contributed by atoms with Gasteiger partial charge in [-0.3, -0.25) is 0 Å². The molecule has 2 aromatic rings. The van der Waals surface area contributed by atoms with Crippen molar-refractivity contribution in [2.45, 2.75) is 38.0 Å². The summed E-state index contributed by atoms with van der Waals surface area (Å²) in [7, 11) is 1.49. The van der Waals surface area contributed by atoms with E-state index in [0.717, 1.165) is 16.9 Å². The Morgan fingerprint density at radius 1 is 1.12 bits per heavy atom. The summed E-state index contributed by atoms with van der Waals surface area (Å²) in [6, 6.07) is 10.2. The maximum absolute atomic E-state index is 12.8. The number of nitrogen functional groups attached to an aromatic ring is 1. The number of carbonyl (C=O) groups is 1. The summed E-state index contributed by atoms with van der Waals surface area (Å²) in [5, 5.41) is 6.88. The van der Waals surface area contributed by atoms with E-state index in [0.29, 0.717) is 37.9 Å². The van der Waals surface area contributed by atoms with Gasteiger partial charge < -0.3 is 25.7 Å². The van der Waals surface area contributed by atoms with Crippen molar-refractivity contribution in [3.05, 3.63) is 47.7 Å². The molecule has 1 saturated heterocycles. The molecule has 32 heavy (non-hydrogen) atoms. The Hall–Kier alpha value is -3.29. The summed E-state index contributed by atoms with van der Waals surface area (Å²) in [6.45, 7) is 2.64. The lowest BCUT2D eigenvalue weighted by atomic mass is 9.84. The molecule has 1 aliphatic heterocycles. The van der Waals surface area contributed by atoms with Crippen molar-refractivity contribution in [2.24, 2.45) is 5.16 Å². The first kappa shape index (κ1) is 21.9. The number of nitrogens with two attached hydrogens (primary N) is 1. The highest BCUT2D eigenvalue weighted by Gasteiger charge is 2.23. The number of nitrogens with zero attached hydrogens (tertiary/aromatic N) is 4. The minimum atomic E-state index is -0.0644. The molecule has 2 aliphatic rings. The third-order valence-electron chi connectivity index (χ3n) is 6.43. The molecule has 0 unspecified atom stereocenters. The molecule has 3 N–H and O–H groups in total. The lowest BCUT2D eigenvalue weighted by molar-refractivity contribution is 0.208. The smallest absolute Gasteiger partial charge is 0.321 e. The molecule has 2 amide bonds. The van der Waals surface area contributed by atoms with Crippen LogP contribution in [0.25, 0.3) is 0 Å². The van der Waals surface area contributed by atoms with Gasteiger partial charge in [-0.25, -0.2) is 9.78 Å². The molecule has 1 aliphatic carbocycles. The normalized spacial score (nSPS) is 17.5. The van der Waals surface area contributed by atoms with Crippen molar-refractivity contribution in [2.75, 3.05) is 49.2 Å². The number of amides is 2. The van der Waals surface area contributed by atoms with Crippen molar-refractivity contribution in [3.63, 3.8) is 0 Å². The molecule has 0 atom stereocenters. The Morgan fingerprint density at radius 2 is 1.84 bits per heavy atom. The maximum atomic E-state index is 12.8. The molecule has 4 rings (SSSR count). The van der Waals surface area contributed by atoms with E-state index in [1.54, 1.807) is 12.4 Å². The predicted octanol–water partition coefficient (Wildman–Crippen LogP) is 4.05. The Labute approximate surface area is 189 Å². The van der Waals surface area contributed by atoms with Crippen LogP contribution in [0.4, 0.5) is 22.0 Å². The summed E-state index contributed by atoms with van der Waals surface area (Å²) in [5.74, 6) is 1.07. The number of anilines is 3. The summed E-state index contributed by atoms with van der Waals surface area (Å²) in [6.07, 6.45) is 9.81. The van der Waals surface area contributed by atoms with Crippen LogP contribution in [-0.4, -0.2) is 55.4 Å². The van der Waals surface area contributed by atoms with Gasteiger partial charge in [0, 0.05) is 38.1 Å². The SMILES string of the molecule is CO/N=C/c1c(N2CCN(C(=O)Nc3ccc(C4CCCCC4)cc3)CC2)ccnc1N. The zero-order valence-corrected chi connectivity index (χ0v) is 18.7. The predicted molar refractivity (Wildman–Crippen MR) is 128 cm³/mol. The largest absolute Gasteiger partial charge is 0.399 e. The van der Waals surface area contributed by atoms with Gasteiger partial charge in [0.1, 0.15) is 12.9 Å². The number of pyridine rings is 1. The van der Waals surface area contributed by atoms with Crippen LogP contribution >= 0.6 is 0 Å². The molecule has 8 heteroatoms. The van der Waals surface area contributed by atoms with E-state index in [-0.39, 0.29) is 6.03 Å². The van der Waals surface area contributed by atoms with Crippen LogP contribution in [0, 0.1) is 0 Å². The van der Waals surface area contributed by atoms with Gasteiger partial charge in [-0.15, -0.1) is 0 Å². The van der Waals surface area contributed by atoms with Gasteiger partial charge in [-0.1, -0.05) is 36.6 Å². The second kappa shape index (κ2) is 10.3. The highest BCUT2D eigenvalue weighted by molar-refractivity contribution is 5.93. The third kappa shape index (κ3) is 5.12. The summed E-state index contributed by atoms with van der Waals surface area (Å²) < 4.78 is 0. The molecule has 170 valence electrons. The molecule has 1 saturated carbocycles. The van der Waals surface area contributed by atoms with Gasteiger partial charge >= 0.3 is 6.03 Å². The quantitative estimate of drug-likeness (QED) is 0.545. The van der Waals surface area contributed by atoms with E-state index < -0.39 is 0 Å². The molecule has 1 aromatic heterocycles. The number of rotatable bonds is 5. The molecule has 0 bridgehead atoms. The van der Waals surface area contributed by atoms with Crippen LogP contribution in [0.3, 0.4) is 0 Å². The van der Waals surface area contributed by atoms with Crippen molar-refractivity contribution >= 4 is 29.4 Å². The minimum absolute atomic E-state index is 0.0644. The Kier molecular flexibility index (Phi) is 7.09. The van der Waals surface area contributed by atoms with E-state index in [1.807, 2.05) is 23.1 Å². The van der Waals surface area contributed by atoms with Gasteiger partial charge in [-0.05, 0) is 42.5 Å². The Balaban J connectivity index is 1.33. The lowest BCUT2D eigenvalue weighted by Crippen LogP contribution is -2.50. The third-order valence-corrected chi connectivity index (χ3v) is 6.43. The first-order valence-corrected chi connectivity index (χ1v) is 11.4. The molecule has 8 nitrogen and oxygen atoms in total. The number of nitrogens with one attached hydrogen (secondary N) is 1. The van der Waals surface area contributed by atoms with Gasteiger partial charge in [0.25, 0.3) is 0 Å². The first-order valence-electron chi connectivity index (χ1n) is 11.4. The molecule has 2 heterocycles. The standard InChI is InChI=1S/C24H32N6O2/c1-32-27-17-21-22(11-12-26-23(21)25)29-13-15-30(16-14-29)24(31)28-20-9-7-19(8-10-20)18-5-3-2-4-6-18/h7-12,17-18H,2-6,13-16H2,1H3,(H2,25,26)(H,28,31)/b27-17+. The second-order valence-electron chi connectivity index (χ2n) is 8.41. The van der Waals surface area contributed by atoms with Crippen LogP contribution in [-0.2, 0) is 4.84 Å². The van der Waals surface area contributed by atoms with Crippen molar-refractivity contribution in [3.8, 4) is 0 Å². The van der Waals surface area contributed by atoms with Gasteiger partial charge in [-0.2, -0.15) is 0 Å². The minimum Gasteiger partial charge on any atom is -0.399 e. The Morgan fingerprint density at radius 3 is 2.53 bits per heavy atom. The molecule has 0 radical (unpaired) electrons. The van der Waals surface area contributed by atoms with Crippen molar-refractivity contribution < 1.29 is 9.63 Å². The number of carbonyl (C=O) groups excluding carboxylic acids is 1. The zero-order valence-electron chi connectivity index (χ0n) is 18.7. The van der Waals surface area contributed by atoms with E-state index in [4.69, 9.17) is 10.6 Å². The van der Waals surface area contributed by atoms with Crippen LogP contribution in [0.15, 0.2) is 41.7 Å². The number of piperazine rings is 1. The summed E-state index contributed by atoms with van der Waals surface area (Å²) >= 11 is 0. The van der Waals surface area contributed by atoms with Gasteiger partial charge in [0.05, 0.1) is 17.5 Å². The topological polar surface area (TPSA) is 96.1 Å². The van der Waals surface area contributed by atoms with Crippen LogP contribution in [0.5, 0.6) is 0 Å². The second-order valence-corrected chi connectivity index (χ2v) is 8.41. The van der Waals surface area contributed by atoms with Crippen LogP contribution < -0.4 is 16.0 Å². The van der Waals surface area contributed by atoms with Crippen molar-refractivity contribution in [1.82, 2.24) is 9.88 Å². The highest BCUT2D eigenvalue weighted by atomic mass is 16.6. The molecular weight excluding hydrogens is 404 g/mol. The van der Waals surface area contributed by atoms with E-state index in [1.165, 1.54) is 44.8 Å². The van der Waals surface area contributed by atoms with Crippen LogP contribution in [0.1, 0.15) is 49.1 Å². The molecule has 1 aromatic carbocycles. The Bertz CT molecular complexity index is 932. The fourth-order valence-electron chi connectivity index (χ4n) is 4.62. The first-order chi connectivity index (χ1) is 15.7. The zero-order chi connectivity index (χ0) is 22.3. The molecule has 2 fully saturated rings. The van der Waals surface area contributed by atoms with Gasteiger partial charge in [0.2, 0.25) is 0 Å². The molecular formula is C24H32N6O2. The summed E-state index contributed by atoms with van der Waals surface area (Å²) in [5.41, 5.74) is 9.93. The number of benzene rings is 1. The van der Waals surface area contributed by atoms with E-state index >= 15 is 0 Å². The fraction of sp³-hybridized carbons (Fsp3) is 0.458. The monoisotopic (exact) mass is 436 g/mol. The van der Waals surface area contributed by atoms with E-state index in [9.17, 15) is 4.79 Å². The number of aromatic nitrogens is 1. The average Bonchev–Trinajstić information content (AvgIpc) is 2.84. The highest BCUT2D eigenvalue weighted by Crippen LogP contribution is 2.33. The number of hydrogen-bond donors (Lipinski definition) is 2. The van der Waals surface area contributed by atoms with Crippen molar-refractivity contribution in [1.29, 1.82) is 0 Å². The van der Waals surface area contributed by atoms with E-state index in [2.05, 4.69) is 32.5 Å². The van der Waals surface area contributed by atoms with Crippen LogP contribution in [0.2, 0.25) is 0 Å². The number of hydrogen-bond acceptors (Lipinski definition) is 6. The summed E-state index contributed by atoms with van der Waals surface area (Å²) in [4.78, 5) is 25.8. The molecule has 0 spiro atoms. The van der Waals surface area contributed by atoms with Gasteiger partial charge in [0.15, 0.2) is 0 Å². The maximum Gasteiger partial charge on any atom is 0.321 e. The number of urea groups is 1. The average molecular weight is 437 g/mol.